The molecule has 0 N–H and O–H groups in total. The molecule has 0 amide bonds. The zero-order valence-electron chi connectivity index (χ0n) is 32.1. The zero-order valence-corrected chi connectivity index (χ0v) is 32.1. The molecule has 0 aliphatic carbocycles. The number of hydrogen-bond donors (Lipinski definition) is 0. The topological polar surface area (TPSA) is 43.6 Å². The third-order valence-electron chi connectivity index (χ3n) is 11.3. The monoisotopic (exact) mass is 752 g/mol. The Morgan fingerprint density at radius 3 is 1.42 bits per heavy atom. The summed E-state index contributed by atoms with van der Waals surface area (Å²) in [5.41, 5.74) is 13.0. The van der Waals surface area contributed by atoms with Gasteiger partial charge in [0.25, 0.3) is 0 Å². The van der Waals surface area contributed by atoms with Gasteiger partial charge in [-0.05, 0) is 68.9 Å². The Morgan fingerprint density at radius 2 is 0.729 bits per heavy atom. The molecule has 2 heterocycles. The van der Waals surface area contributed by atoms with Gasteiger partial charge in [-0.1, -0.05) is 188 Å². The fourth-order valence-corrected chi connectivity index (χ4v) is 8.31. The molecule has 59 heavy (non-hydrogen) atoms. The normalized spacial score (nSPS) is 11.4. The Morgan fingerprint density at radius 1 is 0.271 bits per heavy atom. The highest BCUT2D eigenvalue weighted by Gasteiger charge is 2.19. The molecule has 0 atom stereocenters. The van der Waals surface area contributed by atoms with Gasteiger partial charge in [-0.25, -0.2) is 15.0 Å². The van der Waals surface area contributed by atoms with E-state index in [2.05, 4.69) is 205 Å². The number of rotatable bonds is 7. The molecule has 11 aromatic rings. The van der Waals surface area contributed by atoms with Crippen LogP contribution in [0, 0.1) is 0 Å². The Balaban J connectivity index is 1.09. The molecule has 0 fully saturated rings. The van der Waals surface area contributed by atoms with E-state index in [1.807, 2.05) is 18.2 Å². The van der Waals surface area contributed by atoms with E-state index in [9.17, 15) is 0 Å². The lowest BCUT2D eigenvalue weighted by Gasteiger charge is -2.17. The molecule has 0 aliphatic rings. The van der Waals surface area contributed by atoms with Gasteiger partial charge >= 0.3 is 0 Å². The van der Waals surface area contributed by atoms with Crippen LogP contribution >= 0.6 is 0 Å². The third-order valence-corrected chi connectivity index (χ3v) is 11.3. The molecule has 0 saturated carbocycles. The minimum Gasteiger partial charge on any atom is -0.309 e. The van der Waals surface area contributed by atoms with Gasteiger partial charge in [-0.15, -0.1) is 0 Å². The van der Waals surface area contributed by atoms with Gasteiger partial charge in [-0.3, -0.25) is 0 Å². The van der Waals surface area contributed by atoms with E-state index < -0.39 is 0 Å². The number of fused-ring (bicyclic) bond motifs is 4. The minimum atomic E-state index is 0.610. The van der Waals surface area contributed by atoms with E-state index in [1.165, 1.54) is 38.2 Å². The molecule has 4 nitrogen and oxygen atoms in total. The maximum atomic E-state index is 5.21. The van der Waals surface area contributed by atoms with E-state index >= 15 is 0 Å². The summed E-state index contributed by atoms with van der Waals surface area (Å²) in [6.45, 7) is 0. The highest BCUT2D eigenvalue weighted by Crippen LogP contribution is 2.39. The molecule has 0 aliphatic heterocycles. The first-order chi connectivity index (χ1) is 29.2. The molecule has 11 rings (SSSR count). The van der Waals surface area contributed by atoms with Crippen molar-refractivity contribution in [2.45, 2.75) is 0 Å². The molecular formula is C55H36N4. The summed E-state index contributed by atoms with van der Waals surface area (Å²) in [5.74, 6) is 1.86. The molecule has 4 heteroatoms. The van der Waals surface area contributed by atoms with Crippen molar-refractivity contribution in [3.05, 3.63) is 218 Å². The van der Waals surface area contributed by atoms with Gasteiger partial charge < -0.3 is 4.57 Å². The van der Waals surface area contributed by atoms with Crippen LogP contribution in [0.5, 0.6) is 0 Å². The third kappa shape index (κ3) is 6.34. The first kappa shape index (κ1) is 34.3. The summed E-state index contributed by atoms with van der Waals surface area (Å²) in [6, 6.07) is 77.1. The average molecular weight is 753 g/mol. The van der Waals surface area contributed by atoms with Crippen LogP contribution in [0.15, 0.2) is 218 Å². The van der Waals surface area contributed by atoms with E-state index in [0.717, 1.165) is 50.1 Å². The van der Waals surface area contributed by atoms with Crippen molar-refractivity contribution in [3.8, 4) is 73.2 Å². The predicted octanol–water partition coefficient (Wildman–Crippen LogP) is 14.1. The molecular weight excluding hydrogens is 717 g/mol. The Kier molecular flexibility index (Phi) is 8.45. The van der Waals surface area contributed by atoms with Gasteiger partial charge in [0.2, 0.25) is 0 Å². The van der Waals surface area contributed by atoms with Gasteiger partial charge in [-0.2, -0.15) is 0 Å². The maximum absolute atomic E-state index is 5.21. The Bertz CT molecular complexity index is 3260. The fourth-order valence-electron chi connectivity index (χ4n) is 8.31. The lowest BCUT2D eigenvalue weighted by Crippen LogP contribution is -2.02. The molecule has 9 aromatic carbocycles. The molecule has 0 bridgehead atoms. The van der Waals surface area contributed by atoms with Crippen LogP contribution in [0.1, 0.15) is 0 Å². The highest BCUT2D eigenvalue weighted by molar-refractivity contribution is 6.10. The Hall–Kier alpha value is -7.95. The average Bonchev–Trinajstić information content (AvgIpc) is 3.66. The SMILES string of the molecule is c1ccc(-c2cccc(-c3ccc(-c4nc(-c5ccccc5)nc(-c5ccc(-c6ccc7ccccc7c6)cc5)n4)cc3-n3c4ccccc4c4ccccc43)c2)cc1. The Labute approximate surface area is 342 Å². The molecule has 2 aromatic heterocycles. The van der Waals surface area contributed by atoms with Crippen molar-refractivity contribution in [2.24, 2.45) is 0 Å². The van der Waals surface area contributed by atoms with Crippen molar-refractivity contribution in [2.75, 3.05) is 0 Å². The molecule has 276 valence electrons. The fraction of sp³-hybridized carbons (Fsp3) is 0. The number of benzene rings is 9. The smallest absolute Gasteiger partial charge is 0.164 e. The second kappa shape index (κ2) is 14.5. The van der Waals surface area contributed by atoms with Crippen LogP contribution in [0.25, 0.3) is 106 Å². The standard InChI is InChI=1S/C55H36N4/c1-3-14-37(15-4-1)43-20-13-21-45(35-43)47-33-32-46(36-52(47)59-50-24-11-9-22-48(50)49-23-10-12-25-51(49)59)55-57-53(40-17-5-2-6-18-40)56-54(58-55)41-29-26-39(27-30-41)44-31-28-38-16-7-8-19-42(38)34-44/h1-36H. The number of hydrogen-bond acceptors (Lipinski definition) is 3. The second-order valence-corrected chi connectivity index (χ2v) is 14.9. The quantitative estimate of drug-likeness (QED) is 0.163. The number of para-hydroxylation sites is 2. The maximum Gasteiger partial charge on any atom is 0.164 e. The zero-order chi connectivity index (χ0) is 39.1. The number of nitrogens with zero attached hydrogens (tertiary/aromatic N) is 4. The summed E-state index contributed by atoms with van der Waals surface area (Å²) in [6.07, 6.45) is 0. The minimum absolute atomic E-state index is 0.610. The van der Waals surface area contributed by atoms with Crippen molar-refractivity contribution in [3.63, 3.8) is 0 Å². The molecule has 0 saturated heterocycles. The van der Waals surface area contributed by atoms with Crippen LogP contribution in [-0.2, 0) is 0 Å². The van der Waals surface area contributed by atoms with E-state index in [-0.39, 0.29) is 0 Å². The number of aromatic nitrogens is 4. The lowest BCUT2D eigenvalue weighted by atomic mass is 9.96. The summed E-state index contributed by atoms with van der Waals surface area (Å²) < 4.78 is 2.39. The first-order valence-corrected chi connectivity index (χ1v) is 19.9. The van der Waals surface area contributed by atoms with E-state index in [0.29, 0.717) is 17.5 Å². The van der Waals surface area contributed by atoms with Crippen LogP contribution in [0.4, 0.5) is 0 Å². The summed E-state index contributed by atoms with van der Waals surface area (Å²) >= 11 is 0. The summed E-state index contributed by atoms with van der Waals surface area (Å²) in [4.78, 5) is 15.5. The summed E-state index contributed by atoms with van der Waals surface area (Å²) in [7, 11) is 0. The molecule has 0 radical (unpaired) electrons. The van der Waals surface area contributed by atoms with Crippen molar-refractivity contribution < 1.29 is 0 Å². The molecule has 0 unspecified atom stereocenters. The van der Waals surface area contributed by atoms with Gasteiger partial charge in [0.1, 0.15) is 0 Å². The largest absolute Gasteiger partial charge is 0.309 e. The van der Waals surface area contributed by atoms with Gasteiger partial charge in [0.05, 0.1) is 16.7 Å². The highest BCUT2D eigenvalue weighted by atomic mass is 15.0. The predicted molar refractivity (Wildman–Crippen MR) is 244 cm³/mol. The van der Waals surface area contributed by atoms with Crippen LogP contribution in [0.3, 0.4) is 0 Å². The van der Waals surface area contributed by atoms with Crippen LogP contribution in [-0.4, -0.2) is 19.5 Å². The van der Waals surface area contributed by atoms with Crippen molar-refractivity contribution >= 4 is 32.6 Å². The molecule has 0 spiro atoms. The van der Waals surface area contributed by atoms with Crippen LogP contribution in [0.2, 0.25) is 0 Å². The second-order valence-electron chi connectivity index (χ2n) is 14.9. The van der Waals surface area contributed by atoms with Crippen molar-refractivity contribution in [1.29, 1.82) is 0 Å². The lowest BCUT2D eigenvalue weighted by molar-refractivity contribution is 1.07. The van der Waals surface area contributed by atoms with Gasteiger partial charge in [0.15, 0.2) is 17.5 Å². The van der Waals surface area contributed by atoms with E-state index in [4.69, 9.17) is 15.0 Å². The van der Waals surface area contributed by atoms with E-state index in [1.54, 1.807) is 0 Å². The van der Waals surface area contributed by atoms with Gasteiger partial charge in [0, 0.05) is 33.0 Å². The van der Waals surface area contributed by atoms with Crippen molar-refractivity contribution in [1.82, 2.24) is 19.5 Å². The summed E-state index contributed by atoms with van der Waals surface area (Å²) in [5, 5.41) is 4.87. The first-order valence-electron chi connectivity index (χ1n) is 19.9. The van der Waals surface area contributed by atoms with Crippen LogP contribution < -0.4 is 0 Å².